The highest BCUT2D eigenvalue weighted by atomic mass is 32.2. The summed E-state index contributed by atoms with van der Waals surface area (Å²) in [6, 6.07) is 5.55. The van der Waals surface area contributed by atoms with E-state index in [4.69, 9.17) is 0 Å². The molecule has 7 nitrogen and oxygen atoms in total. The summed E-state index contributed by atoms with van der Waals surface area (Å²) in [6.07, 6.45) is 1.44. The third kappa shape index (κ3) is 6.53. The van der Waals surface area contributed by atoms with Crippen LogP contribution in [0.4, 0.5) is 0 Å². The molecule has 1 N–H and O–H groups in total. The van der Waals surface area contributed by atoms with Gasteiger partial charge in [-0.05, 0) is 49.3 Å². The molecule has 0 aliphatic carbocycles. The first-order valence-electron chi connectivity index (χ1n) is 11.9. The van der Waals surface area contributed by atoms with Crippen LogP contribution in [0.15, 0.2) is 23.1 Å². The van der Waals surface area contributed by atoms with E-state index in [1.807, 2.05) is 30.9 Å². The maximum Gasteiger partial charge on any atom is 0.243 e. The molecule has 0 spiro atoms. The Morgan fingerprint density at radius 3 is 2.41 bits per heavy atom. The van der Waals surface area contributed by atoms with Crippen molar-refractivity contribution in [2.24, 2.45) is 11.8 Å². The van der Waals surface area contributed by atoms with E-state index in [0.717, 1.165) is 37.3 Å². The normalized spacial score (nSPS) is 23.0. The number of nitrogens with zero attached hydrogens (tertiary/aromatic N) is 3. The molecule has 1 amide bonds. The lowest BCUT2D eigenvalue weighted by molar-refractivity contribution is -0.131. The van der Waals surface area contributed by atoms with Gasteiger partial charge >= 0.3 is 0 Å². The average Bonchev–Trinajstić information content (AvgIpc) is 2.75. The van der Waals surface area contributed by atoms with Crippen molar-refractivity contribution in [1.29, 1.82) is 0 Å². The van der Waals surface area contributed by atoms with E-state index in [1.165, 1.54) is 6.42 Å². The Bertz CT molecular complexity index is 873. The zero-order valence-corrected chi connectivity index (χ0v) is 21.0. The van der Waals surface area contributed by atoms with Crippen molar-refractivity contribution in [2.45, 2.75) is 45.4 Å². The Morgan fingerprint density at radius 2 is 1.75 bits per heavy atom. The fourth-order valence-corrected chi connectivity index (χ4v) is 6.74. The lowest BCUT2D eigenvalue weighted by Crippen LogP contribution is -2.48. The minimum Gasteiger partial charge on any atom is -0.340 e. The van der Waals surface area contributed by atoms with E-state index in [2.05, 4.69) is 24.1 Å². The molecular weight excluding hydrogens is 424 g/mol. The van der Waals surface area contributed by atoms with Gasteiger partial charge in [-0.25, -0.2) is 8.42 Å². The maximum absolute atomic E-state index is 13.7. The van der Waals surface area contributed by atoms with E-state index in [9.17, 15) is 13.2 Å². The van der Waals surface area contributed by atoms with Gasteiger partial charge in [0.2, 0.25) is 15.9 Å². The molecule has 2 saturated heterocycles. The summed E-state index contributed by atoms with van der Waals surface area (Å²) in [6.45, 7) is 14.6. The fourth-order valence-electron chi connectivity index (χ4n) is 5.00. The van der Waals surface area contributed by atoms with Gasteiger partial charge in [-0.1, -0.05) is 26.0 Å². The molecule has 0 saturated carbocycles. The number of sulfonamides is 1. The molecule has 2 aliphatic rings. The van der Waals surface area contributed by atoms with Crippen LogP contribution in [0.5, 0.6) is 0 Å². The van der Waals surface area contributed by atoms with Crippen molar-refractivity contribution >= 4 is 15.9 Å². The van der Waals surface area contributed by atoms with Crippen LogP contribution in [-0.2, 0) is 14.8 Å². The third-order valence-corrected chi connectivity index (χ3v) is 8.66. The molecule has 0 aromatic heterocycles. The number of amides is 1. The van der Waals surface area contributed by atoms with Crippen molar-refractivity contribution in [3.63, 3.8) is 0 Å². The first kappa shape index (κ1) is 25.1. The van der Waals surface area contributed by atoms with Gasteiger partial charge in [0.1, 0.15) is 0 Å². The highest BCUT2D eigenvalue weighted by molar-refractivity contribution is 7.89. The number of aryl methyl sites for hydroxylation is 2. The number of hydrogen-bond donors (Lipinski definition) is 1. The highest BCUT2D eigenvalue weighted by Crippen LogP contribution is 2.24. The van der Waals surface area contributed by atoms with E-state index in [0.29, 0.717) is 42.9 Å². The van der Waals surface area contributed by atoms with Crippen LogP contribution in [-0.4, -0.2) is 87.3 Å². The van der Waals surface area contributed by atoms with Crippen LogP contribution < -0.4 is 5.32 Å². The smallest absolute Gasteiger partial charge is 0.243 e. The van der Waals surface area contributed by atoms with Gasteiger partial charge in [0.05, 0.1) is 4.90 Å². The summed E-state index contributed by atoms with van der Waals surface area (Å²) in [5, 5.41) is 3.25. The molecule has 8 heteroatoms. The van der Waals surface area contributed by atoms with E-state index < -0.39 is 10.0 Å². The van der Waals surface area contributed by atoms with Crippen molar-refractivity contribution in [3.05, 3.63) is 29.3 Å². The highest BCUT2D eigenvalue weighted by Gasteiger charge is 2.29. The van der Waals surface area contributed by atoms with E-state index in [-0.39, 0.29) is 18.9 Å². The lowest BCUT2D eigenvalue weighted by Gasteiger charge is -2.36. The van der Waals surface area contributed by atoms with Crippen molar-refractivity contribution in [1.82, 2.24) is 19.4 Å². The molecule has 2 aliphatic heterocycles. The third-order valence-electron chi connectivity index (χ3n) is 6.62. The molecular formula is C24H40N4O3S. The summed E-state index contributed by atoms with van der Waals surface area (Å²) in [5.41, 5.74) is 1.67. The van der Waals surface area contributed by atoms with Gasteiger partial charge in [0.15, 0.2) is 0 Å². The molecule has 0 bridgehead atoms. The summed E-state index contributed by atoms with van der Waals surface area (Å²) >= 11 is 0. The zero-order valence-electron chi connectivity index (χ0n) is 20.1. The minimum absolute atomic E-state index is 0.0351. The maximum atomic E-state index is 13.7. The predicted octanol–water partition coefficient (Wildman–Crippen LogP) is 2.09. The second kappa shape index (κ2) is 11.1. The Labute approximate surface area is 194 Å². The number of nitrogens with one attached hydrogen (secondary N) is 1. The zero-order chi connectivity index (χ0) is 23.3. The minimum atomic E-state index is -3.68. The van der Waals surface area contributed by atoms with Crippen molar-refractivity contribution < 1.29 is 13.2 Å². The Balaban J connectivity index is 1.75. The SMILES string of the molecule is Cc1ccc(C)c(S(=O)(=O)N(CCC(=O)N2CCNCC2)CCN2C[C@H](C)C[C@@H](C)C2)c1. The first-order valence-corrected chi connectivity index (χ1v) is 13.4. The summed E-state index contributed by atoms with van der Waals surface area (Å²) in [5.74, 6) is 1.28. The molecule has 0 radical (unpaired) electrons. The van der Waals surface area contributed by atoms with Crippen LogP contribution in [0.3, 0.4) is 0 Å². The molecule has 1 aromatic rings. The van der Waals surface area contributed by atoms with Gasteiger partial charge in [0, 0.05) is 65.3 Å². The molecule has 2 atom stereocenters. The van der Waals surface area contributed by atoms with Gasteiger partial charge in [-0.3, -0.25) is 4.79 Å². The van der Waals surface area contributed by atoms with Crippen LogP contribution in [0.25, 0.3) is 0 Å². The molecule has 32 heavy (non-hydrogen) atoms. The van der Waals surface area contributed by atoms with E-state index in [1.54, 1.807) is 10.4 Å². The molecule has 2 heterocycles. The number of rotatable bonds is 8. The lowest BCUT2D eigenvalue weighted by atomic mass is 9.92. The summed E-state index contributed by atoms with van der Waals surface area (Å²) in [7, 11) is -3.68. The van der Waals surface area contributed by atoms with Gasteiger partial charge in [-0.2, -0.15) is 4.31 Å². The number of benzene rings is 1. The molecule has 0 unspecified atom stereocenters. The number of piperazine rings is 1. The van der Waals surface area contributed by atoms with Crippen molar-refractivity contribution in [2.75, 3.05) is 58.9 Å². The largest absolute Gasteiger partial charge is 0.340 e. The molecule has 180 valence electrons. The second-order valence-corrected chi connectivity index (χ2v) is 11.7. The number of likely N-dealkylation sites (tertiary alicyclic amines) is 1. The Hall–Kier alpha value is -1.48. The molecule has 1 aromatic carbocycles. The standard InChI is InChI=1S/C24H40N4O3S/c1-19-5-6-22(4)23(16-19)32(30,31)28(10-7-24(29)27-11-8-25-9-12-27)14-13-26-17-20(2)15-21(3)18-26/h5-6,16,20-21,25H,7-15,17-18H2,1-4H3/t20-,21-/m1/s1. The monoisotopic (exact) mass is 464 g/mol. The van der Waals surface area contributed by atoms with Crippen LogP contribution in [0.2, 0.25) is 0 Å². The van der Waals surface area contributed by atoms with Crippen LogP contribution in [0.1, 0.15) is 37.8 Å². The number of hydrogen-bond acceptors (Lipinski definition) is 5. The number of piperidine rings is 1. The van der Waals surface area contributed by atoms with Gasteiger partial charge < -0.3 is 15.1 Å². The van der Waals surface area contributed by atoms with Crippen LogP contribution >= 0.6 is 0 Å². The molecule has 3 rings (SSSR count). The summed E-state index contributed by atoms with van der Waals surface area (Å²) in [4.78, 5) is 17.3. The predicted molar refractivity (Wildman–Crippen MR) is 128 cm³/mol. The average molecular weight is 465 g/mol. The van der Waals surface area contributed by atoms with Gasteiger partial charge in [-0.15, -0.1) is 0 Å². The quantitative estimate of drug-likeness (QED) is 0.638. The topological polar surface area (TPSA) is 73.0 Å². The number of carbonyl (C=O) groups excluding carboxylic acids is 1. The fraction of sp³-hybridized carbons (Fsp3) is 0.708. The number of carbonyl (C=O) groups is 1. The Kier molecular flexibility index (Phi) is 8.72. The second-order valence-electron chi connectivity index (χ2n) is 9.76. The molecule has 2 fully saturated rings. The first-order chi connectivity index (χ1) is 15.2. The van der Waals surface area contributed by atoms with Crippen molar-refractivity contribution in [3.8, 4) is 0 Å². The van der Waals surface area contributed by atoms with E-state index >= 15 is 0 Å². The van der Waals surface area contributed by atoms with Crippen LogP contribution in [0, 0.1) is 25.7 Å². The summed E-state index contributed by atoms with van der Waals surface area (Å²) < 4.78 is 28.9. The van der Waals surface area contributed by atoms with Gasteiger partial charge in [0.25, 0.3) is 0 Å². The Morgan fingerprint density at radius 1 is 1.09 bits per heavy atom.